The first kappa shape index (κ1) is 15.8. The second-order valence-electron chi connectivity index (χ2n) is 6.31. The lowest BCUT2D eigenvalue weighted by Crippen LogP contribution is -2.56. The third-order valence-corrected chi connectivity index (χ3v) is 4.22. The van der Waals surface area contributed by atoms with E-state index in [4.69, 9.17) is 4.74 Å². The lowest BCUT2D eigenvalue weighted by molar-refractivity contribution is -0.00865. The quantitative estimate of drug-likeness (QED) is 0.894. The van der Waals surface area contributed by atoms with Gasteiger partial charge in [-0.1, -0.05) is 12.1 Å². The van der Waals surface area contributed by atoms with E-state index < -0.39 is 0 Å². The van der Waals surface area contributed by atoms with Crippen LogP contribution in [0.2, 0.25) is 0 Å². The number of para-hydroxylation sites is 2. The number of rotatable bonds is 4. The molecule has 1 aliphatic heterocycles. The first-order valence-electron chi connectivity index (χ1n) is 7.86. The van der Waals surface area contributed by atoms with Gasteiger partial charge in [0.25, 0.3) is 0 Å². The van der Waals surface area contributed by atoms with Gasteiger partial charge in [-0.15, -0.1) is 0 Å². The summed E-state index contributed by atoms with van der Waals surface area (Å²) in [4.78, 5) is 18.8. The highest BCUT2D eigenvalue weighted by atomic mass is 16.5. The van der Waals surface area contributed by atoms with Crippen molar-refractivity contribution in [3.63, 3.8) is 0 Å². The zero-order chi connectivity index (χ0) is 16.3. The molecule has 1 aromatic heterocycles. The zero-order valence-electron chi connectivity index (χ0n) is 13.6. The largest absolute Gasteiger partial charge is 0.379 e. The zero-order valence-corrected chi connectivity index (χ0v) is 13.6. The van der Waals surface area contributed by atoms with Crippen LogP contribution in [0.25, 0.3) is 11.0 Å². The molecular formula is C16H23N5O2. The van der Waals surface area contributed by atoms with Crippen molar-refractivity contribution in [2.24, 2.45) is 0 Å². The molecule has 23 heavy (non-hydrogen) atoms. The number of aromatic nitrogens is 2. The maximum absolute atomic E-state index is 12.2. The van der Waals surface area contributed by atoms with Gasteiger partial charge in [-0.05, 0) is 26.0 Å². The summed E-state index contributed by atoms with van der Waals surface area (Å²) in [5.74, 6) is 0. The minimum atomic E-state index is -0.241. The van der Waals surface area contributed by atoms with Crippen molar-refractivity contribution in [1.82, 2.24) is 19.9 Å². The normalized spacial score (nSPS) is 16.4. The molecule has 0 atom stereocenters. The van der Waals surface area contributed by atoms with Gasteiger partial charge in [0.15, 0.2) is 0 Å². The van der Waals surface area contributed by atoms with Crippen LogP contribution in [0.1, 0.15) is 13.8 Å². The van der Waals surface area contributed by atoms with Crippen LogP contribution in [0.15, 0.2) is 30.6 Å². The van der Waals surface area contributed by atoms with Crippen molar-refractivity contribution in [3.05, 3.63) is 30.6 Å². The van der Waals surface area contributed by atoms with Gasteiger partial charge in [-0.2, -0.15) is 0 Å². The van der Waals surface area contributed by atoms with E-state index in [1.807, 2.05) is 24.3 Å². The van der Waals surface area contributed by atoms with Gasteiger partial charge in [0, 0.05) is 25.2 Å². The number of fused-ring (bicyclic) bond motifs is 1. The molecule has 7 heteroatoms. The Morgan fingerprint density at radius 3 is 2.83 bits per heavy atom. The van der Waals surface area contributed by atoms with Crippen LogP contribution in [0, 0.1) is 0 Å². The standard InChI is InChI=1S/C16H23N5O2/c1-16(2,20-7-9-23-10-8-20)11-17-15(22)19-21-12-18-13-5-3-4-6-14(13)21/h3-6,12H,7-11H2,1-2H3,(H2,17,19,22). The summed E-state index contributed by atoms with van der Waals surface area (Å²) in [7, 11) is 0. The SMILES string of the molecule is CC(C)(CNC(=O)Nn1cnc2ccccc21)N1CCOCC1. The van der Waals surface area contributed by atoms with Crippen LogP contribution in [-0.2, 0) is 4.74 Å². The summed E-state index contributed by atoms with van der Waals surface area (Å²) >= 11 is 0. The maximum atomic E-state index is 12.2. The molecule has 0 bridgehead atoms. The van der Waals surface area contributed by atoms with E-state index in [2.05, 4.69) is 34.5 Å². The second-order valence-corrected chi connectivity index (χ2v) is 6.31. The van der Waals surface area contributed by atoms with Gasteiger partial charge in [0.1, 0.15) is 6.33 Å². The fraction of sp³-hybridized carbons (Fsp3) is 0.500. The van der Waals surface area contributed by atoms with E-state index in [-0.39, 0.29) is 11.6 Å². The highest BCUT2D eigenvalue weighted by Gasteiger charge is 2.28. The van der Waals surface area contributed by atoms with Crippen molar-refractivity contribution in [3.8, 4) is 0 Å². The number of morpholine rings is 1. The van der Waals surface area contributed by atoms with Crippen molar-refractivity contribution in [2.75, 3.05) is 38.3 Å². The average Bonchev–Trinajstić information content (AvgIpc) is 2.97. The molecule has 1 fully saturated rings. The van der Waals surface area contributed by atoms with Gasteiger partial charge in [0.2, 0.25) is 0 Å². The van der Waals surface area contributed by atoms with E-state index in [0.717, 1.165) is 37.3 Å². The van der Waals surface area contributed by atoms with Gasteiger partial charge in [0.05, 0.1) is 24.2 Å². The highest BCUT2D eigenvalue weighted by molar-refractivity contribution is 5.85. The molecule has 0 radical (unpaired) electrons. The molecule has 7 nitrogen and oxygen atoms in total. The van der Waals surface area contributed by atoms with E-state index in [9.17, 15) is 4.79 Å². The molecule has 0 saturated carbocycles. The number of nitrogens with one attached hydrogen (secondary N) is 2. The van der Waals surface area contributed by atoms with Crippen LogP contribution in [0.3, 0.4) is 0 Å². The molecule has 124 valence electrons. The summed E-state index contributed by atoms with van der Waals surface area (Å²) in [5.41, 5.74) is 4.41. The number of hydrogen-bond acceptors (Lipinski definition) is 4. The van der Waals surface area contributed by atoms with Gasteiger partial charge < -0.3 is 10.1 Å². The predicted molar refractivity (Wildman–Crippen MR) is 89.0 cm³/mol. The third kappa shape index (κ3) is 3.62. The molecule has 2 heterocycles. The van der Waals surface area contributed by atoms with Crippen LogP contribution in [0.4, 0.5) is 4.79 Å². The molecule has 2 amide bonds. The third-order valence-electron chi connectivity index (χ3n) is 4.22. The van der Waals surface area contributed by atoms with Crippen LogP contribution in [-0.4, -0.2) is 59.0 Å². The Kier molecular flexibility index (Phi) is 4.49. The fourth-order valence-electron chi connectivity index (χ4n) is 2.77. The summed E-state index contributed by atoms with van der Waals surface area (Å²) in [6.45, 7) is 8.10. The van der Waals surface area contributed by atoms with Crippen LogP contribution >= 0.6 is 0 Å². The molecular weight excluding hydrogens is 294 g/mol. The lowest BCUT2D eigenvalue weighted by Gasteiger charge is -2.40. The topological polar surface area (TPSA) is 71.4 Å². The Bertz CT molecular complexity index is 676. The summed E-state index contributed by atoms with van der Waals surface area (Å²) in [5, 5.41) is 2.94. The molecule has 1 aliphatic rings. The Labute approximate surface area is 135 Å². The molecule has 0 spiro atoms. The molecule has 1 saturated heterocycles. The van der Waals surface area contributed by atoms with Gasteiger partial charge >= 0.3 is 6.03 Å². The van der Waals surface area contributed by atoms with E-state index in [1.165, 1.54) is 0 Å². The monoisotopic (exact) mass is 317 g/mol. The van der Waals surface area contributed by atoms with Crippen molar-refractivity contribution < 1.29 is 9.53 Å². The number of carbonyl (C=O) groups excluding carboxylic acids is 1. The lowest BCUT2D eigenvalue weighted by atomic mass is 10.0. The average molecular weight is 317 g/mol. The number of urea groups is 1. The number of benzene rings is 1. The van der Waals surface area contributed by atoms with E-state index >= 15 is 0 Å². The second kappa shape index (κ2) is 6.55. The minimum absolute atomic E-state index is 0.113. The first-order valence-corrected chi connectivity index (χ1v) is 7.86. The predicted octanol–water partition coefficient (Wildman–Crippen LogP) is 1.40. The number of carbonyl (C=O) groups is 1. The molecule has 0 aliphatic carbocycles. The van der Waals surface area contributed by atoms with Gasteiger partial charge in [-0.25, -0.2) is 19.9 Å². The fourth-order valence-corrected chi connectivity index (χ4v) is 2.77. The maximum Gasteiger partial charge on any atom is 0.334 e. The first-order chi connectivity index (χ1) is 11.1. The van der Waals surface area contributed by atoms with Crippen molar-refractivity contribution in [1.29, 1.82) is 0 Å². The number of imidazole rings is 1. The minimum Gasteiger partial charge on any atom is -0.379 e. The molecule has 2 aromatic rings. The Balaban J connectivity index is 1.57. The number of ether oxygens (including phenoxy) is 1. The number of nitrogens with zero attached hydrogens (tertiary/aromatic N) is 3. The molecule has 3 rings (SSSR count). The molecule has 2 N–H and O–H groups in total. The summed E-state index contributed by atoms with van der Waals surface area (Å²) < 4.78 is 7.01. The molecule has 1 aromatic carbocycles. The van der Waals surface area contributed by atoms with E-state index in [0.29, 0.717) is 6.54 Å². The van der Waals surface area contributed by atoms with Crippen molar-refractivity contribution in [2.45, 2.75) is 19.4 Å². The summed E-state index contributed by atoms with van der Waals surface area (Å²) in [6.07, 6.45) is 1.61. The number of amides is 2. The molecule has 0 unspecified atom stereocenters. The van der Waals surface area contributed by atoms with Gasteiger partial charge in [-0.3, -0.25) is 4.90 Å². The Hall–Kier alpha value is -2.12. The Morgan fingerprint density at radius 1 is 1.30 bits per heavy atom. The van der Waals surface area contributed by atoms with Crippen LogP contribution in [0.5, 0.6) is 0 Å². The summed E-state index contributed by atoms with van der Waals surface area (Å²) in [6, 6.07) is 7.42. The number of hydrogen-bond donors (Lipinski definition) is 2. The van der Waals surface area contributed by atoms with E-state index in [1.54, 1.807) is 11.0 Å². The smallest absolute Gasteiger partial charge is 0.334 e. The highest BCUT2D eigenvalue weighted by Crippen LogP contribution is 2.15. The Morgan fingerprint density at radius 2 is 2.04 bits per heavy atom. The van der Waals surface area contributed by atoms with Crippen LogP contribution < -0.4 is 10.7 Å². The van der Waals surface area contributed by atoms with Crippen molar-refractivity contribution >= 4 is 17.1 Å².